The van der Waals surface area contributed by atoms with E-state index in [-0.39, 0.29) is 0 Å². The van der Waals surface area contributed by atoms with E-state index in [2.05, 4.69) is 0 Å². The van der Waals surface area contributed by atoms with Crippen molar-refractivity contribution in [1.29, 1.82) is 0 Å². The van der Waals surface area contributed by atoms with Crippen molar-refractivity contribution in [3.63, 3.8) is 0 Å². The van der Waals surface area contributed by atoms with Crippen LogP contribution in [0, 0.1) is 19.1 Å². The van der Waals surface area contributed by atoms with Crippen LogP contribution < -0.4 is 4.73 Å². The van der Waals surface area contributed by atoms with Crippen LogP contribution >= 0.6 is 11.6 Å². The van der Waals surface area contributed by atoms with Crippen LogP contribution in [0.25, 0.3) is 0 Å². The molecule has 60 valence electrons. The number of hydrogen-bond acceptors (Lipinski definition) is 1. The molecule has 0 atom stereocenters. The molecule has 11 heavy (non-hydrogen) atoms. The number of aryl methyl sites for hydroxylation is 1. The van der Waals surface area contributed by atoms with E-state index in [1.54, 1.807) is 6.92 Å². The molecule has 0 aromatic carbocycles. The molecule has 2 nitrogen and oxygen atoms in total. The van der Waals surface area contributed by atoms with Crippen molar-refractivity contribution in [3.05, 3.63) is 34.3 Å². The fourth-order valence-corrected chi connectivity index (χ4v) is 1.06. The van der Waals surface area contributed by atoms with E-state index in [4.69, 9.17) is 11.6 Å². The smallest absolute Gasteiger partial charge is 0.192 e. The molecule has 0 aliphatic heterocycles. The van der Waals surface area contributed by atoms with Crippen molar-refractivity contribution in [3.8, 4) is 0 Å². The Bertz CT molecular complexity index is 250. The molecule has 1 heterocycles. The van der Waals surface area contributed by atoms with Crippen LogP contribution in [0.4, 0.5) is 0 Å². The first-order valence-corrected chi connectivity index (χ1v) is 3.94. The molecule has 1 rings (SSSR count). The average molecular weight is 172 g/mol. The predicted octanol–water partition coefficient (Wildman–Crippen LogP) is 1.68. The summed E-state index contributed by atoms with van der Waals surface area (Å²) in [5, 5.41) is 11.1. The van der Waals surface area contributed by atoms with Crippen LogP contribution in [-0.2, 0) is 5.88 Å². The lowest BCUT2D eigenvalue weighted by atomic mass is 10.2. The van der Waals surface area contributed by atoms with Gasteiger partial charge in [0.05, 0.1) is 5.88 Å². The monoisotopic (exact) mass is 171 g/mol. The summed E-state index contributed by atoms with van der Waals surface area (Å²) < 4.78 is 0.854. The standard InChI is InChI=1S/C8H10ClNO/c1-6-3-8(4-9)5-10(11)7(6)2/h3,5H,4H2,1-2H3. The number of pyridine rings is 1. The third kappa shape index (κ3) is 1.63. The molecule has 0 saturated carbocycles. The van der Waals surface area contributed by atoms with Crippen molar-refractivity contribution in [2.75, 3.05) is 0 Å². The average Bonchev–Trinajstić information content (AvgIpc) is 1.99. The zero-order valence-electron chi connectivity index (χ0n) is 6.60. The van der Waals surface area contributed by atoms with Gasteiger partial charge in [0.1, 0.15) is 0 Å². The maximum absolute atomic E-state index is 11.1. The summed E-state index contributed by atoms with van der Waals surface area (Å²) in [5.41, 5.74) is 2.58. The van der Waals surface area contributed by atoms with Crippen molar-refractivity contribution in [2.24, 2.45) is 0 Å². The maximum Gasteiger partial charge on any atom is 0.192 e. The maximum atomic E-state index is 11.1. The largest absolute Gasteiger partial charge is 0.618 e. The van der Waals surface area contributed by atoms with E-state index in [0.29, 0.717) is 5.88 Å². The zero-order valence-corrected chi connectivity index (χ0v) is 7.35. The van der Waals surface area contributed by atoms with Gasteiger partial charge in [-0.1, -0.05) is 0 Å². The Kier molecular flexibility index (Phi) is 2.35. The lowest BCUT2D eigenvalue weighted by molar-refractivity contribution is -0.613. The van der Waals surface area contributed by atoms with Crippen molar-refractivity contribution in [2.45, 2.75) is 19.7 Å². The van der Waals surface area contributed by atoms with Crippen LogP contribution in [0.1, 0.15) is 16.8 Å². The van der Waals surface area contributed by atoms with E-state index >= 15 is 0 Å². The second kappa shape index (κ2) is 3.09. The van der Waals surface area contributed by atoms with E-state index in [0.717, 1.165) is 21.6 Å². The molecular formula is C8H10ClNO. The minimum Gasteiger partial charge on any atom is -0.618 e. The van der Waals surface area contributed by atoms with Gasteiger partial charge in [0.2, 0.25) is 0 Å². The van der Waals surface area contributed by atoms with Gasteiger partial charge < -0.3 is 5.21 Å². The Labute approximate surface area is 71.0 Å². The summed E-state index contributed by atoms with van der Waals surface area (Å²) in [7, 11) is 0. The Morgan fingerprint density at radius 3 is 2.64 bits per heavy atom. The minimum atomic E-state index is 0.392. The summed E-state index contributed by atoms with van der Waals surface area (Å²) >= 11 is 5.57. The molecule has 1 aromatic heterocycles. The van der Waals surface area contributed by atoms with Gasteiger partial charge in [-0.05, 0) is 13.0 Å². The second-order valence-electron chi connectivity index (χ2n) is 2.58. The highest BCUT2D eigenvalue weighted by atomic mass is 35.5. The highest BCUT2D eigenvalue weighted by Gasteiger charge is 2.04. The van der Waals surface area contributed by atoms with Gasteiger partial charge in [0, 0.05) is 18.1 Å². The number of alkyl halides is 1. The van der Waals surface area contributed by atoms with Gasteiger partial charge in [0.25, 0.3) is 0 Å². The molecule has 0 aliphatic carbocycles. The zero-order chi connectivity index (χ0) is 8.43. The van der Waals surface area contributed by atoms with Crippen LogP contribution in [-0.4, -0.2) is 0 Å². The Balaban J connectivity index is 3.21. The number of nitrogens with zero attached hydrogens (tertiary/aromatic N) is 1. The number of halogens is 1. The lowest BCUT2D eigenvalue weighted by Gasteiger charge is -2.04. The molecule has 0 saturated heterocycles. The fraction of sp³-hybridized carbons (Fsp3) is 0.375. The highest BCUT2D eigenvalue weighted by Crippen LogP contribution is 2.06. The topological polar surface area (TPSA) is 26.9 Å². The summed E-state index contributed by atoms with van der Waals surface area (Å²) in [5.74, 6) is 0.392. The van der Waals surface area contributed by atoms with E-state index in [9.17, 15) is 5.21 Å². The van der Waals surface area contributed by atoms with E-state index < -0.39 is 0 Å². The molecular weight excluding hydrogens is 162 g/mol. The lowest BCUT2D eigenvalue weighted by Crippen LogP contribution is -2.31. The third-order valence-corrected chi connectivity index (χ3v) is 2.05. The molecule has 0 spiro atoms. The van der Waals surface area contributed by atoms with Gasteiger partial charge in [-0.2, -0.15) is 4.73 Å². The third-order valence-electron chi connectivity index (χ3n) is 1.74. The Morgan fingerprint density at radius 2 is 2.18 bits per heavy atom. The first kappa shape index (κ1) is 8.34. The molecule has 0 fully saturated rings. The van der Waals surface area contributed by atoms with Gasteiger partial charge in [-0.15, -0.1) is 11.6 Å². The Morgan fingerprint density at radius 1 is 1.55 bits per heavy atom. The van der Waals surface area contributed by atoms with E-state index in [1.165, 1.54) is 6.20 Å². The van der Waals surface area contributed by atoms with Crippen molar-refractivity contribution >= 4 is 11.6 Å². The SMILES string of the molecule is Cc1cc(CCl)c[n+]([O-])c1C. The number of aromatic nitrogens is 1. The summed E-state index contributed by atoms with van der Waals surface area (Å²) in [4.78, 5) is 0. The molecule has 0 N–H and O–H groups in total. The highest BCUT2D eigenvalue weighted by molar-refractivity contribution is 6.17. The molecule has 0 radical (unpaired) electrons. The van der Waals surface area contributed by atoms with Gasteiger partial charge in [0.15, 0.2) is 11.9 Å². The normalized spacial score (nSPS) is 10.1. The van der Waals surface area contributed by atoms with Gasteiger partial charge in [-0.3, -0.25) is 0 Å². The summed E-state index contributed by atoms with van der Waals surface area (Å²) in [6.45, 7) is 3.69. The molecule has 3 heteroatoms. The number of hydrogen-bond donors (Lipinski definition) is 0. The molecule has 0 bridgehead atoms. The van der Waals surface area contributed by atoms with Crippen LogP contribution in [0.3, 0.4) is 0 Å². The first-order valence-electron chi connectivity index (χ1n) is 3.40. The van der Waals surface area contributed by atoms with Crippen molar-refractivity contribution in [1.82, 2.24) is 0 Å². The minimum absolute atomic E-state index is 0.392. The van der Waals surface area contributed by atoms with Gasteiger partial charge in [-0.25, -0.2) is 0 Å². The molecule has 1 aromatic rings. The van der Waals surface area contributed by atoms with E-state index in [1.807, 2.05) is 13.0 Å². The first-order chi connectivity index (χ1) is 5.15. The quantitative estimate of drug-likeness (QED) is 0.359. The molecule has 0 aliphatic rings. The fourth-order valence-electron chi connectivity index (χ4n) is 0.914. The summed E-state index contributed by atoms with van der Waals surface area (Å²) in [6.07, 6.45) is 1.51. The second-order valence-corrected chi connectivity index (χ2v) is 2.84. The van der Waals surface area contributed by atoms with Crippen LogP contribution in [0.15, 0.2) is 12.3 Å². The van der Waals surface area contributed by atoms with Crippen LogP contribution in [0.2, 0.25) is 0 Å². The molecule has 0 unspecified atom stereocenters. The van der Waals surface area contributed by atoms with Gasteiger partial charge >= 0.3 is 0 Å². The predicted molar refractivity (Wildman–Crippen MR) is 44.4 cm³/mol. The molecule has 0 amide bonds. The Hall–Kier alpha value is -0.760. The van der Waals surface area contributed by atoms with Crippen LogP contribution in [0.5, 0.6) is 0 Å². The summed E-state index contributed by atoms with van der Waals surface area (Å²) in [6, 6.07) is 1.93. The van der Waals surface area contributed by atoms with Crippen molar-refractivity contribution < 1.29 is 4.73 Å². The number of rotatable bonds is 1.